The first-order valence-corrected chi connectivity index (χ1v) is 12.7. The molecule has 1 N–H and O–H groups in total. The second kappa shape index (κ2) is 8.83. The van der Waals surface area contributed by atoms with Crippen LogP contribution in [0.3, 0.4) is 0 Å². The van der Waals surface area contributed by atoms with E-state index in [0.29, 0.717) is 5.52 Å². The van der Waals surface area contributed by atoms with Crippen molar-refractivity contribution in [2.45, 2.75) is 24.4 Å². The van der Waals surface area contributed by atoms with Gasteiger partial charge < -0.3 is 10.2 Å². The van der Waals surface area contributed by atoms with Crippen molar-refractivity contribution in [1.82, 2.24) is 14.6 Å². The number of anilines is 1. The van der Waals surface area contributed by atoms with Crippen molar-refractivity contribution < 1.29 is 21.6 Å². The Morgan fingerprint density at radius 3 is 2.38 bits per heavy atom. The van der Waals surface area contributed by atoms with Crippen molar-refractivity contribution >= 4 is 26.7 Å². The van der Waals surface area contributed by atoms with Crippen LogP contribution in [0, 0.1) is 18.6 Å². The Kier molecular flexibility index (Phi) is 5.99. The van der Waals surface area contributed by atoms with Crippen molar-refractivity contribution in [2.24, 2.45) is 0 Å². The average Bonchev–Trinajstić information content (AvgIpc) is 3.26. The van der Waals surface area contributed by atoms with Gasteiger partial charge in [-0.15, -0.1) is 0 Å². The van der Waals surface area contributed by atoms with Crippen LogP contribution >= 0.6 is 0 Å². The third-order valence-corrected chi connectivity index (χ3v) is 8.32. The van der Waals surface area contributed by atoms with E-state index in [-0.39, 0.29) is 30.6 Å². The van der Waals surface area contributed by atoms with Crippen LogP contribution in [0.2, 0.25) is 0 Å². The van der Waals surface area contributed by atoms with Crippen molar-refractivity contribution in [2.75, 3.05) is 44.2 Å². The smallest absolute Gasteiger partial charge is 0.243 e. The summed E-state index contributed by atoms with van der Waals surface area (Å²) in [5, 5.41) is 4.16. The van der Waals surface area contributed by atoms with Gasteiger partial charge in [0.2, 0.25) is 10.0 Å². The molecule has 0 unspecified atom stereocenters. The summed E-state index contributed by atoms with van der Waals surface area (Å²) >= 11 is 0. The molecule has 0 saturated carbocycles. The molecule has 1 aromatic heterocycles. The van der Waals surface area contributed by atoms with Gasteiger partial charge in [0.15, 0.2) is 0 Å². The van der Waals surface area contributed by atoms with Gasteiger partial charge >= 0.3 is 0 Å². The standard InChI is InChI=1S/C24H25F3N4O2S/c1-15-10-16(11-22-19(15)2-3-23(29-22)30-8-5-28-6-9-30)24-20(26)12-18(13-21(24)27)34(32,33)31-7-4-17(25)14-31/h2-3,10-13,17,28H,4-9,14H2,1H3/t17-/m0/s1. The van der Waals surface area contributed by atoms with E-state index < -0.39 is 32.7 Å². The van der Waals surface area contributed by atoms with Crippen LogP contribution in [-0.2, 0) is 10.0 Å². The zero-order valence-corrected chi connectivity index (χ0v) is 19.5. The fourth-order valence-corrected chi connectivity index (χ4v) is 6.16. The molecule has 2 fully saturated rings. The largest absolute Gasteiger partial charge is 0.354 e. The monoisotopic (exact) mass is 490 g/mol. The van der Waals surface area contributed by atoms with Gasteiger partial charge in [0.1, 0.15) is 23.6 Å². The molecule has 180 valence electrons. The second-order valence-electron chi connectivity index (χ2n) is 8.78. The Balaban J connectivity index is 1.55. The van der Waals surface area contributed by atoms with Crippen LogP contribution in [0.5, 0.6) is 0 Å². The number of halogens is 3. The highest BCUT2D eigenvalue weighted by atomic mass is 32.2. The maximum atomic E-state index is 15.2. The third kappa shape index (κ3) is 4.14. The number of nitrogens with one attached hydrogen (secondary N) is 1. The van der Waals surface area contributed by atoms with E-state index in [1.165, 1.54) is 0 Å². The van der Waals surface area contributed by atoms with E-state index in [4.69, 9.17) is 4.98 Å². The number of aromatic nitrogens is 1. The molecule has 2 aliphatic rings. The zero-order valence-electron chi connectivity index (χ0n) is 18.7. The highest BCUT2D eigenvalue weighted by Crippen LogP contribution is 2.34. The number of pyridine rings is 1. The van der Waals surface area contributed by atoms with Gasteiger partial charge in [-0.05, 0) is 54.8 Å². The number of fused-ring (bicyclic) bond motifs is 1. The lowest BCUT2D eigenvalue weighted by atomic mass is 9.99. The van der Waals surface area contributed by atoms with Crippen molar-refractivity contribution in [3.05, 3.63) is 53.6 Å². The molecule has 0 spiro atoms. The van der Waals surface area contributed by atoms with Crippen LogP contribution < -0.4 is 10.2 Å². The molecular formula is C24H25F3N4O2S. The number of alkyl halides is 1. The van der Waals surface area contributed by atoms with E-state index in [9.17, 15) is 12.8 Å². The quantitative estimate of drug-likeness (QED) is 0.605. The van der Waals surface area contributed by atoms with Gasteiger partial charge in [-0.3, -0.25) is 0 Å². The molecule has 6 nitrogen and oxygen atoms in total. The SMILES string of the molecule is Cc1cc(-c2c(F)cc(S(=O)(=O)N3CC[C@H](F)C3)cc2F)cc2nc(N3CCNCC3)ccc12. The molecule has 1 atom stereocenters. The van der Waals surface area contributed by atoms with E-state index >= 15 is 8.78 Å². The molecule has 3 heterocycles. The molecule has 3 aromatic rings. The molecule has 0 bridgehead atoms. The minimum Gasteiger partial charge on any atom is -0.354 e. The number of hydrogen-bond donors (Lipinski definition) is 1. The number of benzene rings is 2. The normalized spacial score (nSPS) is 19.8. The number of aryl methyl sites for hydroxylation is 1. The van der Waals surface area contributed by atoms with Crippen LogP contribution in [-0.4, -0.2) is 63.1 Å². The van der Waals surface area contributed by atoms with Gasteiger partial charge in [-0.1, -0.05) is 6.07 Å². The van der Waals surface area contributed by atoms with Gasteiger partial charge in [0, 0.05) is 44.7 Å². The first kappa shape index (κ1) is 23.1. The summed E-state index contributed by atoms with van der Waals surface area (Å²) < 4.78 is 70.3. The van der Waals surface area contributed by atoms with Crippen molar-refractivity contribution in [3.8, 4) is 11.1 Å². The molecule has 2 saturated heterocycles. The molecule has 0 aliphatic carbocycles. The van der Waals surface area contributed by atoms with Crippen LogP contribution in [0.15, 0.2) is 41.3 Å². The van der Waals surface area contributed by atoms with Gasteiger partial charge in [0.05, 0.1) is 16.0 Å². The molecule has 10 heteroatoms. The van der Waals surface area contributed by atoms with E-state index in [1.807, 2.05) is 19.1 Å². The van der Waals surface area contributed by atoms with Crippen molar-refractivity contribution in [1.29, 1.82) is 0 Å². The van der Waals surface area contributed by atoms with Crippen LogP contribution in [0.25, 0.3) is 22.0 Å². The van der Waals surface area contributed by atoms with Crippen LogP contribution in [0.1, 0.15) is 12.0 Å². The third-order valence-electron chi connectivity index (χ3n) is 6.48. The first-order chi connectivity index (χ1) is 16.2. The Morgan fingerprint density at radius 2 is 1.74 bits per heavy atom. The molecule has 2 aromatic carbocycles. The Bertz CT molecular complexity index is 1340. The summed E-state index contributed by atoms with van der Waals surface area (Å²) in [7, 11) is -4.19. The summed E-state index contributed by atoms with van der Waals surface area (Å²) in [6, 6.07) is 8.81. The number of sulfonamides is 1. The Morgan fingerprint density at radius 1 is 1.03 bits per heavy atom. The van der Waals surface area contributed by atoms with Crippen LogP contribution in [0.4, 0.5) is 19.0 Å². The summed E-state index contributed by atoms with van der Waals surface area (Å²) in [6.45, 7) is 4.86. The topological polar surface area (TPSA) is 65.5 Å². The number of nitrogens with zero attached hydrogens (tertiary/aromatic N) is 3. The Hall–Kier alpha value is -2.69. The molecule has 0 radical (unpaired) electrons. The predicted molar refractivity (Wildman–Crippen MR) is 125 cm³/mol. The maximum Gasteiger partial charge on any atom is 0.243 e. The minimum atomic E-state index is -4.19. The fraction of sp³-hybridized carbons (Fsp3) is 0.375. The molecule has 2 aliphatic heterocycles. The van der Waals surface area contributed by atoms with E-state index in [1.54, 1.807) is 12.1 Å². The van der Waals surface area contributed by atoms with E-state index in [0.717, 1.165) is 59.4 Å². The zero-order chi connectivity index (χ0) is 24.0. The highest BCUT2D eigenvalue weighted by Gasteiger charge is 2.33. The van der Waals surface area contributed by atoms with E-state index in [2.05, 4.69) is 10.2 Å². The lowest BCUT2D eigenvalue weighted by Crippen LogP contribution is -2.43. The number of rotatable bonds is 4. The van der Waals surface area contributed by atoms with Gasteiger partial charge in [-0.2, -0.15) is 4.31 Å². The number of hydrogen-bond acceptors (Lipinski definition) is 5. The summed E-state index contributed by atoms with van der Waals surface area (Å²) in [6.07, 6.45) is -1.20. The fourth-order valence-electron chi connectivity index (χ4n) is 4.65. The summed E-state index contributed by atoms with van der Waals surface area (Å²) in [5.41, 5.74) is 1.36. The molecule has 5 rings (SSSR count). The minimum absolute atomic E-state index is 0.0144. The predicted octanol–water partition coefficient (Wildman–Crippen LogP) is 3.63. The lowest BCUT2D eigenvalue weighted by Gasteiger charge is -2.28. The molecular weight excluding hydrogens is 465 g/mol. The number of piperazine rings is 1. The summed E-state index contributed by atoms with van der Waals surface area (Å²) in [5.74, 6) is -1.19. The highest BCUT2D eigenvalue weighted by molar-refractivity contribution is 7.89. The molecule has 34 heavy (non-hydrogen) atoms. The maximum absolute atomic E-state index is 15.2. The lowest BCUT2D eigenvalue weighted by molar-refractivity contribution is 0.343. The van der Waals surface area contributed by atoms with Gasteiger partial charge in [-0.25, -0.2) is 26.6 Å². The average molecular weight is 491 g/mol. The second-order valence-corrected chi connectivity index (χ2v) is 10.7. The molecule has 0 amide bonds. The summed E-state index contributed by atoms with van der Waals surface area (Å²) in [4.78, 5) is 6.37. The Labute approximate surface area is 196 Å². The van der Waals surface area contributed by atoms with Crippen molar-refractivity contribution in [3.63, 3.8) is 0 Å². The van der Waals surface area contributed by atoms with Gasteiger partial charge in [0.25, 0.3) is 0 Å². The first-order valence-electron chi connectivity index (χ1n) is 11.2.